The molecule has 4 atom stereocenters. The van der Waals surface area contributed by atoms with E-state index in [1.165, 1.54) is 6.21 Å². The number of hydrogen-bond acceptors (Lipinski definition) is 5. The van der Waals surface area contributed by atoms with E-state index >= 15 is 0 Å². The number of carbonyl (C=O) groups is 2. The van der Waals surface area contributed by atoms with Gasteiger partial charge in [-0.2, -0.15) is 10.1 Å². The lowest BCUT2D eigenvalue weighted by Gasteiger charge is -2.37. The second-order valence-electron chi connectivity index (χ2n) is 6.97. The number of fused-ring (bicyclic) bond motifs is 1. The van der Waals surface area contributed by atoms with Crippen molar-refractivity contribution in [3.63, 3.8) is 0 Å². The van der Waals surface area contributed by atoms with Gasteiger partial charge in [0.25, 0.3) is 11.8 Å². The zero-order valence-corrected chi connectivity index (χ0v) is 15.0. The SMILES string of the molecule is C#CCOc1ccc(OC)cc1/C=N\N1C(=O)[C@@H]2[C@@H](C1=O)[C@H]1C=C[C@H]2CC1. The quantitative estimate of drug-likeness (QED) is 0.348. The van der Waals surface area contributed by atoms with Crippen molar-refractivity contribution in [3.8, 4) is 23.8 Å². The molecule has 1 saturated carbocycles. The Labute approximate surface area is 157 Å². The molecule has 2 bridgehead atoms. The lowest BCUT2D eigenvalue weighted by atomic mass is 9.63. The van der Waals surface area contributed by atoms with Gasteiger partial charge in [-0.3, -0.25) is 9.59 Å². The molecule has 4 aliphatic rings. The van der Waals surface area contributed by atoms with Crippen LogP contribution in [0.15, 0.2) is 35.5 Å². The number of methoxy groups -OCH3 is 1. The van der Waals surface area contributed by atoms with Crippen LogP contribution in [0.5, 0.6) is 11.5 Å². The van der Waals surface area contributed by atoms with Gasteiger partial charge in [-0.25, -0.2) is 0 Å². The normalized spacial score (nSPS) is 28.5. The first kappa shape index (κ1) is 17.3. The molecular formula is C21H20N2O4. The van der Waals surface area contributed by atoms with Gasteiger partial charge in [-0.05, 0) is 42.9 Å². The van der Waals surface area contributed by atoms with Crippen LogP contribution in [-0.4, -0.2) is 36.8 Å². The molecule has 138 valence electrons. The molecule has 0 aromatic heterocycles. The molecule has 6 heteroatoms. The largest absolute Gasteiger partial charge is 0.497 e. The number of nitrogens with zero attached hydrogens (tertiary/aromatic N) is 2. The van der Waals surface area contributed by atoms with E-state index < -0.39 is 0 Å². The lowest BCUT2D eigenvalue weighted by molar-refractivity contribution is -0.140. The molecule has 2 fully saturated rings. The third-order valence-electron chi connectivity index (χ3n) is 5.58. The average molecular weight is 364 g/mol. The van der Waals surface area contributed by atoms with Crippen LogP contribution in [0.3, 0.4) is 0 Å². The van der Waals surface area contributed by atoms with E-state index in [9.17, 15) is 9.59 Å². The first-order valence-electron chi connectivity index (χ1n) is 8.98. The Balaban J connectivity index is 1.61. The van der Waals surface area contributed by atoms with Gasteiger partial charge in [0, 0.05) is 5.56 Å². The smallest absolute Gasteiger partial charge is 0.254 e. The molecule has 1 aromatic carbocycles. The van der Waals surface area contributed by atoms with Crippen LogP contribution in [0, 0.1) is 36.0 Å². The highest BCUT2D eigenvalue weighted by Gasteiger charge is 2.56. The highest BCUT2D eigenvalue weighted by Crippen LogP contribution is 2.49. The number of ether oxygens (including phenoxy) is 2. The summed E-state index contributed by atoms with van der Waals surface area (Å²) in [5.41, 5.74) is 0.584. The maximum Gasteiger partial charge on any atom is 0.254 e. The first-order valence-corrected chi connectivity index (χ1v) is 8.98. The van der Waals surface area contributed by atoms with E-state index in [4.69, 9.17) is 15.9 Å². The Morgan fingerprint density at radius 1 is 1.22 bits per heavy atom. The monoisotopic (exact) mass is 364 g/mol. The summed E-state index contributed by atoms with van der Waals surface area (Å²) in [4.78, 5) is 25.6. The van der Waals surface area contributed by atoms with Crippen molar-refractivity contribution in [1.29, 1.82) is 0 Å². The lowest BCUT2D eigenvalue weighted by Crippen LogP contribution is -2.38. The second-order valence-corrected chi connectivity index (χ2v) is 6.97. The minimum atomic E-state index is -0.277. The number of rotatable bonds is 5. The molecule has 6 nitrogen and oxygen atoms in total. The standard InChI is InChI=1S/C21H20N2O4/c1-3-10-27-17-9-8-16(26-2)11-15(17)12-22-23-20(24)18-13-4-5-14(7-6-13)19(18)21(23)25/h1,4-5,8-9,11-14,18-19H,6-7,10H2,2H3/b22-12-/t13-,14-,18-,19-/m0/s1. The van der Waals surface area contributed by atoms with Gasteiger partial charge in [0.15, 0.2) is 0 Å². The summed E-state index contributed by atoms with van der Waals surface area (Å²) in [5, 5.41) is 5.24. The molecule has 1 heterocycles. The Kier molecular flexibility index (Phi) is 4.44. The summed E-state index contributed by atoms with van der Waals surface area (Å²) in [7, 11) is 1.55. The predicted molar refractivity (Wildman–Crippen MR) is 99.1 cm³/mol. The summed E-state index contributed by atoms with van der Waals surface area (Å²) in [6.45, 7) is 0.105. The number of hydrazone groups is 1. The van der Waals surface area contributed by atoms with Gasteiger partial charge in [0.05, 0.1) is 25.2 Å². The number of imide groups is 1. The molecule has 0 N–H and O–H groups in total. The second kappa shape index (κ2) is 6.92. The molecule has 5 rings (SSSR count). The van der Waals surface area contributed by atoms with Crippen molar-refractivity contribution >= 4 is 18.0 Å². The number of benzene rings is 1. The fraction of sp³-hybridized carbons (Fsp3) is 0.381. The van der Waals surface area contributed by atoms with Crippen molar-refractivity contribution < 1.29 is 19.1 Å². The van der Waals surface area contributed by atoms with Crippen LogP contribution >= 0.6 is 0 Å². The van der Waals surface area contributed by atoms with Gasteiger partial charge >= 0.3 is 0 Å². The van der Waals surface area contributed by atoms with Crippen LogP contribution in [0.1, 0.15) is 18.4 Å². The summed E-state index contributed by atoms with van der Waals surface area (Å²) >= 11 is 0. The van der Waals surface area contributed by atoms with Gasteiger partial charge in [-0.1, -0.05) is 18.1 Å². The summed E-state index contributed by atoms with van der Waals surface area (Å²) in [6.07, 6.45) is 12.8. The van der Waals surface area contributed by atoms with E-state index in [2.05, 4.69) is 23.2 Å². The van der Waals surface area contributed by atoms with Gasteiger partial charge in [0.2, 0.25) is 0 Å². The first-order chi connectivity index (χ1) is 13.1. The molecule has 27 heavy (non-hydrogen) atoms. The van der Waals surface area contributed by atoms with E-state index in [0.717, 1.165) is 17.9 Å². The fourth-order valence-corrected chi connectivity index (χ4v) is 4.30. The van der Waals surface area contributed by atoms with E-state index in [1.54, 1.807) is 25.3 Å². The number of allylic oxidation sites excluding steroid dienone is 2. The highest BCUT2D eigenvalue weighted by molar-refractivity contribution is 6.06. The molecule has 3 aliphatic carbocycles. The minimum absolute atomic E-state index is 0.105. The summed E-state index contributed by atoms with van der Waals surface area (Å²) < 4.78 is 10.7. The van der Waals surface area contributed by atoms with E-state index in [0.29, 0.717) is 17.1 Å². The van der Waals surface area contributed by atoms with Crippen LogP contribution in [-0.2, 0) is 9.59 Å². The maximum atomic E-state index is 12.8. The molecule has 1 aliphatic heterocycles. The van der Waals surface area contributed by atoms with Gasteiger partial charge in [-0.15, -0.1) is 6.42 Å². The maximum absolute atomic E-state index is 12.8. The molecule has 0 unspecified atom stereocenters. The van der Waals surface area contributed by atoms with Gasteiger partial charge < -0.3 is 9.47 Å². The molecular weight excluding hydrogens is 344 g/mol. The summed E-state index contributed by atoms with van der Waals surface area (Å²) in [6, 6.07) is 5.18. The number of amides is 2. The van der Waals surface area contributed by atoms with E-state index in [1.807, 2.05) is 0 Å². The van der Waals surface area contributed by atoms with Crippen LogP contribution in [0.25, 0.3) is 0 Å². The average Bonchev–Trinajstić information content (AvgIpc) is 2.98. The van der Waals surface area contributed by atoms with Crippen molar-refractivity contribution in [1.82, 2.24) is 5.01 Å². The van der Waals surface area contributed by atoms with Gasteiger partial charge in [0.1, 0.15) is 18.1 Å². The van der Waals surface area contributed by atoms with Crippen LogP contribution in [0.2, 0.25) is 0 Å². The fourth-order valence-electron chi connectivity index (χ4n) is 4.30. The third-order valence-corrected chi connectivity index (χ3v) is 5.58. The van der Waals surface area contributed by atoms with Crippen molar-refractivity contribution in [2.24, 2.45) is 28.8 Å². The molecule has 1 saturated heterocycles. The number of hydrogen-bond donors (Lipinski definition) is 0. The van der Waals surface area contributed by atoms with Crippen molar-refractivity contribution in [2.45, 2.75) is 12.8 Å². The molecule has 0 spiro atoms. The van der Waals surface area contributed by atoms with E-state index in [-0.39, 0.29) is 42.1 Å². The number of terminal acetylenes is 1. The summed E-state index contributed by atoms with van der Waals surface area (Å²) in [5.74, 6) is 2.83. The zero-order valence-electron chi connectivity index (χ0n) is 15.0. The van der Waals surface area contributed by atoms with Crippen molar-refractivity contribution in [3.05, 3.63) is 35.9 Å². The Morgan fingerprint density at radius 2 is 1.89 bits per heavy atom. The zero-order chi connectivity index (χ0) is 19.0. The molecule has 1 aromatic rings. The molecule has 2 amide bonds. The number of carbonyl (C=O) groups excluding carboxylic acids is 2. The van der Waals surface area contributed by atoms with Crippen LogP contribution < -0.4 is 9.47 Å². The van der Waals surface area contributed by atoms with Crippen molar-refractivity contribution in [2.75, 3.05) is 13.7 Å². The Bertz CT molecular complexity index is 851. The molecule has 0 radical (unpaired) electrons. The predicted octanol–water partition coefficient (Wildman–Crippen LogP) is 2.24. The van der Waals surface area contributed by atoms with Crippen LogP contribution in [0.4, 0.5) is 0 Å². The highest BCUT2D eigenvalue weighted by atomic mass is 16.5. The Hall–Kier alpha value is -3.07. The Morgan fingerprint density at radius 3 is 2.44 bits per heavy atom. The minimum Gasteiger partial charge on any atom is -0.497 e. The topological polar surface area (TPSA) is 68.2 Å². The third kappa shape index (κ3) is 2.89.